The maximum Gasteiger partial charge on any atom is 0.249 e. The van der Waals surface area contributed by atoms with Gasteiger partial charge in [-0.2, -0.15) is 0 Å². The Morgan fingerprint density at radius 1 is 1.10 bits per heavy atom. The summed E-state index contributed by atoms with van der Waals surface area (Å²) in [6.07, 6.45) is 0. The molecule has 0 aliphatic carbocycles. The number of hydrogen-bond donors (Lipinski definition) is 1. The molecule has 0 saturated carbocycles. The standard InChI is InChI=1S/C15H15N3OS/c1-10-7-8-12(20-10)9-16-14-6-4-3-5-13(14)15-18-17-11(2)19-15/h3-8,16H,9H2,1-2H3. The zero-order valence-corrected chi connectivity index (χ0v) is 12.2. The molecule has 5 heteroatoms. The molecule has 0 spiro atoms. The van der Waals surface area contributed by atoms with Gasteiger partial charge in [-0.25, -0.2) is 0 Å². The van der Waals surface area contributed by atoms with Crippen molar-refractivity contribution in [3.05, 3.63) is 52.0 Å². The Labute approximate surface area is 121 Å². The number of para-hydroxylation sites is 1. The molecule has 2 aromatic heterocycles. The van der Waals surface area contributed by atoms with Crippen molar-refractivity contribution >= 4 is 17.0 Å². The van der Waals surface area contributed by atoms with Crippen LogP contribution in [-0.4, -0.2) is 10.2 Å². The van der Waals surface area contributed by atoms with E-state index in [1.165, 1.54) is 9.75 Å². The molecule has 102 valence electrons. The molecule has 0 saturated heterocycles. The van der Waals surface area contributed by atoms with Crippen LogP contribution < -0.4 is 5.32 Å². The van der Waals surface area contributed by atoms with Crippen molar-refractivity contribution in [2.75, 3.05) is 5.32 Å². The number of nitrogens with zero attached hydrogens (tertiary/aromatic N) is 2. The van der Waals surface area contributed by atoms with Gasteiger partial charge in [0.15, 0.2) is 0 Å². The Bertz CT molecular complexity index is 717. The first-order valence-electron chi connectivity index (χ1n) is 6.41. The predicted octanol–water partition coefficient (Wildman–Crippen LogP) is 4.03. The summed E-state index contributed by atoms with van der Waals surface area (Å²) in [6, 6.07) is 12.2. The molecule has 0 atom stereocenters. The Hall–Kier alpha value is -2.14. The van der Waals surface area contributed by atoms with E-state index in [9.17, 15) is 0 Å². The van der Waals surface area contributed by atoms with Crippen LogP contribution in [0.4, 0.5) is 5.69 Å². The van der Waals surface area contributed by atoms with Crippen LogP contribution in [0.3, 0.4) is 0 Å². The maximum atomic E-state index is 5.51. The number of nitrogens with one attached hydrogen (secondary N) is 1. The van der Waals surface area contributed by atoms with Crippen LogP contribution in [0.15, 0.2) is 40.8 Å². The first kappa shape index (κ1) is 12.9. The smallest absolute Gasteiger partial charge is 0.249 e. The van der Waals surface area contributed by atoms with E-state index in [4.69, 9.17) is 4.42 Å². The summed E-state index contributed by atoms with van der Waals surface area (Å²) < 4.78 is 5.51. The SMILES string of the molecule is Cc1nnc(-c2ccccc2NCc2ccc(C)s2)o1. The monoisotopic (exact) mass is 285 g/mol. The largest absolute Gasteiger partial charge is 0.421 e. The van der Waals surface area contributed by atoms with Crippen LogP contribution in [0.5, 0.6) is 0 Å². The van der Waals surface area contributed by atoms with Gasteiger partial charge in [-0.3, -0.25) is 0 Å². The third-order valence-corrected chi connectivity index (χ3v) is 3.93. The van der Waals surface area contributed by atoms with Crippen LogP contribution in [-0.2, 0) is 6.54 Å². The summed E-state index contributed by atoms with van der Waals surface area (Å²) >= 11 is 1.80. The lowest BCUT2D eigenvalue weighted by atomic mass is 10.1. The van der Waals surface area contributed by atoms with Gasteiger partial charge in [0.1, 0.15) is 0 Å². The fourth-order valence-corrected chi connectivity index (χ4v) is 2.82. The van der Waals surface area contributed by atoms with Crippen LogP contribution >= 0.6 is 11.3 Å². The molecule has 0 aliphatic heterocycles. The minimum absolute atomic E-state index is 0.549. The number of benzene rings is 1. The van der Waals surface area contributed by atoms with Crippen molar-refractivity contribution in [2.24, 2.45) is 0 Å². The third kappa shape index (κ3) is 2.72. The van der Waals surface area contributed by atoms with Gasteiger partial charge in [-0.15, -0.1) is 21.5 Å². The highest BCUT2D eigenvalue weighted by atomic mass is 32.1. The van der Waals surface area contributed by atoms with Crippen molar-refractivity contribution in [3.8, 4) is 11.5 Å². The van der Waals surface area contributed by atoms with Gasteiger partial charge in [0.25, 0.3) is 0 Å². The Balaban J connectivity index is 1.83. The van der Waals surface area contributed by atoms with Crippen molar-refractivity contribution in [1.82, 2.24) is 10.2 Å². The number of aryl methyl sites for hydroxylation is 2. The highest BCUT2D eigenvalue weighted by Crippen LogP contribution is 2.27. The van der Waals surface area contributed by atoms with E-state index < -0.39 is 0 Å². The second-order valence-corrected chi connectivity index (χ2v) is 5.91. The molecule has 20 heavy (non-hydrogen) atoms. The summed E-state index contributed by atoms with van der Waals surface area (Å²) in [6.45, 7) is 4.70. The second kappa shape index (κ2) is 5.46. The van der Waals surface area contributed by atoms with E-state index in [2.05, 4.69) is 34.6 Å². The zero-order chi connectivity index (χ0) is 13.9. The Morgan fingerprint density at radius 3 is 2.65 bits per heavy atom. The van der Waals surface area contributed by atoms with E-state index in [0.717, 1.165) is 17.8 Å². The summed E-state index contributed by atoms with van der Waals surface area (Å²) in [4.78, 5) is 2.63. The van der Waals surface area contributed by atoms with E-state index >= 15 is 0 Å². The zero-order valence-electron chi connectivity index (χ0n) is 11.4. The summed E-state index contributed by atoms with van der Waals surface area (Å²) in [5.74, 6) is 1.12. The van der Waals surface area contributed by atoms with Crippen molar-refractivity contribution in [2.45, 2.75) is 20.4 Å². The van der Waals surface area contributed by atoms with Crippen molar-refractivity contribution < 1.29 is 4.42 Å². The molecule has 4 nitrogen and oxygen atoms in total. The molecule has 3 rings (SSSR count). The van der Waals surface area contributed by atoms with E-state index in [1.807, 2.05) is 24.3 Å². The van der Waals surface area contributed by atoms with Gasteiger partial charge >= 0.3 is 0 Å². The van der Waals surface area contributed by atoms with Crippen LogP contribution in [0.1, 0.15) is 15.6 Å². The number of aromatic nitrogens is 2. The third-order valence-electron chi connectivity index (χ3n) is 2.93. The lowest BCUT2D eigenvalue weighted by Crippen LogP contribution is -1.99. The second-order valence-electron chi connectivity index (χ2n) is 4.54. The minimum atomic E-state index is 0.549. The molecule has 2 heterocycles. The van der Waals surface area contributed by atoms with Crippen molar-refractivity contribution in [3.63, 3.8) is 0 Å². The molecule has 0 aliphatic rings. The Kier molecular flexibility index (Phi) is 3.52. The van der Waals surface area contributed by atoms with E-state index in [0.29, 0.717) is 11.8 Å². The molecule has 0 unspecified atom stereocenters. The summed E-state index contributed by atoms with van der Waals surface area (Å²) in [5.41, 5.74) is 1.93. The first-order valence-corrected chi connectivity index (χ1v) is 7.23. The number of anilines is 1. The molecule has 0 bridgehead atoms. The number of thiophene rings is 1. The maximum absolute atomic E-state index is 5.51. The van der Waals surface area contributed by atoms with Crippen LogP contribution in [0.2, 0.25) is 0 Å². The molecule has 1 aromatic carbocycles. The average Bonchev–Trinajstić information content (AvgIpc) is 3.06. The molecule has 0 radical (unpaired) electrons. The van der Waals surface area contributed by atoms with Gasteiger partial charge < -0.3 is 9.73 Å². The van der Waals surface area contributed by atoms with Gasteiger partial charge in [0.2, 0.25) is 11.8 Å². The summed E-state index contributed by atoms with van der Waals surface area (Å²) in [7, 11) is 0. The van der Waals surface area contributed by atoms with Gasteiger partial charge in [0, 0.05) is 28.9 Å². The highest BCUT2D eigenvalue weighted by Gasteiger charge is 2.10. The number of hydrogen-bond acceptors (Lipinski definition) is 5. The van der Waals surface area contributed by atoms with Crippen LogP contribution in [0, 0.1) is 13.8 Å². The first-order chi connectivity index (χ1) is 9.72. The molecular formula is C15H15N3OS. The molecule has 3 aromatic rings. The Morgan fingerprint density at radius 2 is 1.95 bits per heavy atom. The quantitative estimate of drug-likeness (QED) is 0.786. The molecule has 0 amide bonds. The normalized spacial score (nSPS) is 10.7. The number of rotatable bonds is 4. The van der Waals surface area contributed by atoms with Gasteiger partial charge in [-0.1, -0.05) is 12.1 Å². The molecule has 0 fully saturated rings. The average molecular weight is 285 g/mol. The highest BCUT2D eigenvalue weighted by molar-refractivity contribution is 7.11. The molecular weight excluding hydrogens is 270 g/mol. The topological polar surface area (TPSA) is 51.0 Å². The van der Waals surface area contributed by atoms with E-state index in [-0.39, 0.29) is 0 Å². The lowest BCUT2D eigenvalue weighted by Gasteiger charge is -2.08. The van der Waals surface area contributed by atoms with Gasteiger partial charge in [0.05, 0.1) is 5.56 Å². The van der Waals surface area contributed by atoms with E-state index in [1.54, 1.807) is 18.3 Å². The fraction of sp³-hybridized carbons (Fsp3) is 0.200. The lowest BCUT2D eigenvalue weighted by molar-refractivity contribution is 0.533. The fourth-order valence-electron chi connectivity index (χ4n) is 1.99. The predicted molar refractivity (Wildman–Crippen MR) is 80.9 cm³/mol. The van der Waals surface area contributed by atoms with Crippen molar-refractivity contribution in [1.29, 1.82) is 0 Å². The summed E-state index contributed by atoms with van der Waals surface area (Å²) in [5, 5.41) is 11.4. The molecule has 1 N–H and O–H groups in total. The van der Waals surface area contributed by atoms with Crippen LogP contribution in [0.25, 0.3) is 11.5 Å². The minimum Gasteiger partial charge on any atom is -0.421 e. The van der Waals surface area contributed by atoms with Gasteiger partial charge in [-0.05, 0) is 31.2 Å².